The van der Waals surface area contributed by atoms with Gasteiger partial charge in [0.15, 0.2) is 5.78 Å². The summed E-state index contributed by atoms with van der Waals surface area (Å²) in [6.45, 7) is 5.02. The normalized spacial score (nSPS) is 16.4. The first kappa shape index (κ1) is 18.0. The van der Waals surface area contributed by atoms with Gasteiger partial charge in [0, 0.05) is 25.2 Å². The molecule has 1 aliphatic heterocycles. The Labute approximate surface area is 154 Å². The molecule has 1 aliphatic rings. The zero-order valence-corrected chi connectivity index (χ0v) is 15.0. The van der Waals surface area contributed by atoms with E-state index in [9.17, 15) is 4.79 Å². The number of Topliss-reactive ketones (excluding diaryl/α,β-unsaturated/α-hetero) is 1. The van der Waals surface area contributed by atoms with Crippen LogP contribution in [0.15, 0.2) is 54.6 Å². The lowest BCUT2D eigenvalue weighted by atomic mass is 10.0. The number of carbonyl (C=O) groups is 1. The van der Waals surface area contributed by atoms with E-state index in [0.717, 1.165) is 44.2 Å². The summed E-state index contributed by atoms with van der Waals surface area (Å²) in [5.74, 6) is 0.773. The number of nitrogens with zero attached hydrogens (tertiary/aromatic N) is 1. The molecule has 1 saturated heterocycles. The van der Waals surface area contributed by atoms with Gasteiger partial charge in [0.2, 0.25) is 0 Å². The van der Waals surface area contributed by atoms with E-state index in [1.165, 1.54) is 0 Å². The lowest BCUT2D eigenvalue weighted by Crippen LogP contribution is -2.38. The topological polar surface area (TPSA) is 38.8 Å². The van der Waals surface area contributed by atoms with Crippen molar-refractivity contribution in [2.24, 2.45) is 0 Å². The summed E-state index contributed by atoms with van der Waals surface area (Å²) in [7, 11) is 0. The fourth-order valence-corrected chi connectivity index (χ4v) is 3.10. The Kier molecular flexibility index (Phi) is 6.50. The fraction of sp³-hybridized carbons (Fsp3) is 0.350. The number of ether oxygens (including phenoxy) is 2. The van der Waals surface area contributed by atoms with Gasteiger partial charge in [0.1, 0.15) is 12.4 Å². The Morgan fingerprint density at radius 1 is 1.08 bits per heavy atom. The Hall–Kier alpha value is -1.82. The van der Waals surface area contributed by atoms with E-state index in [2.05, 4.69) is 17.5 Å². The number of hydrogen-bond acceptors (Lipinski definition) is 5. The molecule has 0 spiro atoms. The number of carbonyl (C=O) groups excluding carboxylic acids is 1. The molecule has 0 aromatic heterocycles. The number of rotatable bonds is 7. The lowest BCUT2D eigenvalue weighted by Gasteiger charge is -2.26. The van der Waals surface area contributed by atoms with Gasteiger partial charge in [-0.15, -0.1) is 0 Å². The zero-order valence-electron chi connectivity index (χ0n) is 14.1. The average molecular weight is 357 g/mol. The number of morpholine rings is 1. The number of benzene rings is 2. The summed E-state index contributed by atoms with van der Waals surface area (Å²) >= 11 is 4.47. The van der Waals surface area contributed by atoms with Crippen LogP contribution in [0, 0.1) is 0 Å². The molecule has 0 bridgehead atoms. The molecule has 5 heteroatoms. The van der Waals surface area contributed by atoms with Crippen molar-refractivity contribution in [3.05, 3.63) is 65.7 Å². The first-order valence-electron chi connectivity index (χ1n) is 8.54. The van der Waals surface area contributed by atoms with Crippen molar-refractivity contribution >= 4 is 18.4 Å². The largest absolute Gasteiger partial charge is 0.492 e. The number of hydrogen-bond donors (Lipinski definition) is 1. The Morgan fingerprint density at radius 2 is 1.76 bits per heavy atom. The van der Waals surface area contributed by atoms with Crippen LogP contribution in [-0.2, 0) is 4.74 Å². The highest BCUT2D eigenvalue weighted by Gasteiger charge is 2.18. The van der Waals surface area contributed by atoms with Crippen molar-refractivity contribution in [3.8, 4) is 5.75 Å². The molecule has 0 aliphatic carbocycles. The first-order valence-corrected chi connectivity index (χ1v) is 9.06. The Morgan fingerprint density at radius 3 is 2.44 bits per heavy atom. The fourth-order valence-electron chi connectivity index (χ4n) is 2.78. The monoisotopic (exact) mass is 357 g/mol. The van der Waals surface area contributed by atoms with Gasteiger partial charge in [0.25, 0.3) is 0 Å². The van der Waals surface area contributed by atoms with Crippen molar-refractivity contribution in [1.82, 2.24) is 4.90 Å². The number of ketones is 1. The third-order valence-electron chi connectivity index (χ3n) is 4.28. The molecule has 1 atom stereocenters. The molecule has 3 rings (SSSR count). The van der Waals surface area contributed by atoms with Gasteiger partial charge in [-0.1, -0.05) is 30.3 Å². The van der Waals surface area contributed by atoms with Crippen molar-refractivity contribution in [3.63, 3.8) is 0 Å². The van der Waals surface area contributed by atoms with E-state index in [4.69, 9.17) is 9.47 Å². The standard InChI is InChI=1S/C20H23NO3S/c22-19(20(25)17-4-2-1-3-5-17)16-6-8-18(9-7-16)24-15-12-21-10-13-23-14-11-21/h1-9,20,25H,10-15H2. The molecule has 1 unspecified atom stereocenters. The van der Waals surface area contributed by atoms with Crippen LogP contribution in [0.2, 0.25) is 0 Å². The second-order valence-electron chi connectivity index (χ2n) is 6.00. The van der Waals surface area contributed by atoms with E-state index in [1.807, 2.05) is 42.5 Å². The second kappa shape index (κ2) is 9.04. The summed E-state index contributed by atoms with van der Waals surface area (Å²) in [6, 6.07) is 16.9. The molecule has 0 saturated carbocycles. The predicted molar refractivity (Wildman–Crippen MR) is 102 cm³/mol. The first-order chi connectivity index (χ1) is 12.2. The van der Waals surface area contributed by atoms with Gasteiger partial charge in [-0.25, -0.2) is 0 Å². The van der Waals surface area contributed by atoms with E-state index < -0.39 is 5.25 Å². The maximum atomic E-state index is 12.5. The van der Waals surface area contributed by atoms with Crippen LogP contribution in [0.3, 0.4) is 0 Å². The maximum absolute atomic E-state index is 12.5. The van der Waals surface area contributed by atoms with Crippen molar-refractivity contribution in [2.45, 2.75) is 5.25 Å². The van der Waals surface area contributed by atoms with Gasteiger partial charge >= 0.3 is 0 Å². The van der Waals surface area contributed by atoms with E-state index >= 15 is 0 Å². The zero-order chi connectivity index (χ0) is 17.5. The summed E-state index contributed by atoms with van der Waals surface area (Å²) < 4.78 is 11.1. The van der Waals surface area contributed by atoms with Crippen molar-refractivity contribution in [1.29, 1.82) is 0 Å². The summed E-state index contributed by atoms with van der Waals surface area (Å²) in [5.41, 5.74) is 1.55. The Bertz CT molecular complexity index is 669. The minimum absolute atomic E-state index is 0.00519. The van der Waals surface area contributed by atoms with Gasteiger partial charge in [-0.3, -0.25) is 9.69 Å². The van der Waals surface area contributed by atoms with E-state index in [0.29, 0.717) is 12.2 Å². The highest BCUT2D eigenvalue weighted by atomic mass is 32.1. The SMILES string of the molecule is O=C(c1ccc(OCCN2CCOCC2)cc1)C(S)c1ccccc1. The molecule has 0 N–H and O–H groups in total. The number of thiol groups is 1. The minimum Gasteiger partial charge on any atom is -0.492 e. The van der Waals surface area contributed by atoms with Gasteiger partial charge in [-0.2, -0.15) is 12.6 Å². The molecule has 132 valence electrons. The van der Waals surface area contributed by atoms with Gasteiger partial charge in [0.05, 0.1) is 18.5 Å². The van der Waals surface area contributed by atoms with Crippen LogP contribution in [0.1, 0.15) is 21.2 Å². The predicted octanol–water partition coefficient (Wildman–Crippen LogP) is 3.25. The highest BCUT2D eigenvalue weighted by Crippen LogP contribution is 2.25. The summed E-state index contributed by atoms with van der Waals surface area (Å²) in [6.07, 6.45) is 0. The summed E-state index contributed by atoms with van der Waals surface area (Å²) in [5, 5.41) is -0.450. The molecule has 0 amide bonds. The van der Waals surface area contributed by atoms with Crippen LogP contribution in [0.5, 0.6) is 5.75 Å². The molecule has 1 heterocycles. The smallest absolute Gasteiger partial charge is 0.179 e. The molecule has 2 aromatic carbocycles. The summed E-state index contributed by atoms with van der Waals surface area (Å²) in [4.78, 5) is 14.9. The van der Waals surface area contributed by atoms with Gasteiger partial charge in [-0.05, 0) is 29.8 Å². The van der Waals surface area contributed by atoms with E-state index in [-0.39, 0.29) is 5.78 Å². The molecular formula is C20H23NO3S. The van der Waals surface area contributed by atoms with Crippen LogP contribution < -0.4 is 4.74 Å². The van der Waals surface area contributed by atoms with Crippen LogP contribution in [0.4, 0.5) is 0 Å². The lowest BCUT2D eigenvalue weighted by molar-refractivity contribution is 0.0322. The minimum atomic E-state index is -0.450. The quantitative estimate of drug-likeness (QED) is 0.610. The molecular weight excluding hydrogens is 334 g/mol. The van der Waals surface area contributed by atoms with Crippen molar-refractivity contribution in [2.75, 3.05) is 39.5 Å². The molecule has 4 nitrogen and oxygen atoms in total. The van der Waals surface area contributed by atoms with Crippen LogP contribution in [0.25, 0.3) is 0 Å². The third kappa shape index (κ3) is 5.08. The van der Waals surface area contributed by atoms with Gasteiger partial charge < -0.3 is 9.47 Å². The maximum Gasteiger partial charge on any atom is 0.179 e. The second-order valence-corrected chi connectivity index (χ2v) is 6.52. The average Bonchev–Trinajstić information content (AvgIpc) is 2.69. The Balaban J connectivity index is 1.52. The third-order valence-corrected chi connectivity index (χ3v) is 4.82. The highest BCUT2D eigenvalue weighted by molar-refractivity contribution is 7.81. The molecule has 25 heavy (non-hydrogen) atoms. The van der Waals surface area contributed by atoms with Crippen molar-refractivity contribution < 1.29 is 14.3 Å². The van der Waals surface area contributed by atoms with Crippen LogP contribution in [-0.4, -0.2) is 50.1 Å². The molecule has 0 radical (unpaired) electrons. The van der Waals surface area contributed by atoms with E-state index in [1.54, 1.807) is 12.1 Å². The molecule has 2 aromatic rings. The molecule has 1 fully saturated rings. The van der Waals surface area contributed by atoms with Crippen LogP contribution >= 0.6 is 12.6 Å².